The molecule has 0 aliphatic carbocycles. The topological polar surface area (TPSA) is 121 Å². The van der Waals surface area contributed by atoms with Crippen LogP contribution in [0.15, 0.2) is 24.3 Å². The molecule has 246 valence electrons. The third-order valence-electron chi connectivity index (χ3n) is 7.02. The summed E-state index contributed by atoms with van der Waals surface area (Å²) >= 11 is 0. The number of hydrogen-bond acceptors (Lipinski definition) is 7. The van der Waals surface area contributed by atoms with E-state index in [2.05, 4.69) is 28.2 Å². The molecule has 1 aromatic rings. The molecule has 1 atom stereocenters. The molecule has 0 bridgehead atoms. The molecule has 0 saturated heterocycles. The Kier molecular flexibility index (Phi) is 22.8. The van der Waals surface area contributed by atoms with Gasteiger partial charge in [-0.05, 0) is 64.2 Å². The van der Waals surface area contributed by atoms with Crippen molar-refractivity contribution in [2.24, 2.45) is 0 Å². The van der Waals surface area contributed by atoms with Crippen LogP contribution in [0.2, 0.25) is 0 Å². The molecule has 0 heterocycles. The number of hydrogen-bond donors (Lipinski definition) is 4. The summed E-state index contributed by atoms with van der Waals surface area (Å²) in [6.07, 6.45) is 14.0. The van der Waals surface area contributed by atoms with Crippen LogP contribution >= 0.6 is 0 Å². The summed E-state index contributed by atoms with van der Waals surface area (Å²) in [5, 5.41) is 11.6. The first-order valence-corrected chi connectivity index (χ1v) is 16.3. The molecule has 1 rings (SSSR count). The molecule has 0 fully saturated rings. The van der Waals surface area contributed by atoms with Crippen LogP contribution in [0.25, 0.3) is 0 Å². The highest BCUT2D eigenvalue weighted by atomic mass is 16.5. The molecular formula is C33H59N5O5. The Balaban J connectivity index is 2.30. The van der Waals surface area contributed by atoms with Crippen molar-refractivity contribution in [2.75, 3.05) is 59.4 Å². The quantitative estimate of drug-likeness (QED) is 0.0837. The maximum absolute atomic E-state index is 12.7. The molecule has 0 aromatic heterocycles. The van der Waals surface area contributed by atoms with Crippen LogP contribution in [-0.4, -0.2) is 82.8 Å². The summed E-state index contributed by atoms with van der Waals surface area (Å²) in [6, 6.07) is 7.18. The molecule has 0 aliphatic rings. The second-order valence-corrected chi connectivity index (χ2v) is 11.3. The predicted octanol–water partition coefficient (Wildman–Crippen LogP) is 4.84. The molecule has 3 amide bonds. The predicted molar refractivity (Wildman–Crippen MR) is 174 cm³/mol. The molecule has 0 aliphatic heterocycles. The van der Waals surface area contributed by atoms with E-state index in [1.165, 1.54) is 57.8 Å². The van der Waals surface area contributed by atoms with Gasteiger partial charge >= 0.3 is 0 Å². The monoisotopic (exact) mass is 605 g/mol. The first-order chi connectivity index (χ1) is 20.8. The molecule has 10 heteroatoms. The number of nitrogens with one attached hydrogen (secondary N) is 4. The Morgan fingerprint density at radius 2 is 1.37 bits per heavy atom. The third kappa shape index (κ3) is 21.5. The van der Waals surface area contributed by atoms with E-state index >= 15 is 0 Å². The van der Waals surface area contributed by atoms with Gasteiger partial charge in [-0.3, -0.25) is 14.4 Å². The highest BCUT2D eigenvalue weighted by molar-refractivity contribution is 5.89. The van der Waals surface area contributed by atoms with Gasteiger partial charge < -0.3 is 35.6 Å². The summed E-state index contributed by atoms with van der Waals surface area (Å²) < 4.78 is 10.8. The summed E-state index contributed by atoms with van der Waals surface area (Å²) in [7, 11) is 5.47. The number of rotatable bonds is 27. The Morgan fingerprint density at radius 1 is 0.744 bits per heavy atom. The molecule has 0 saturated carbocycles. The number of amides is 3. The van der Waals surface area contributed by atoms with Crippen molar-refractivity contribution in [3.63, 3.8) is 0 Å². The van der Waals surface area contributed by atoms with E-state index in [1.807, 2.05) is 19.0 Å². The molecule has 1 unspecified atom stereocenters. The van der Waals surface area contributed by atoms with Gasteiger partial charge in [0.2, 0.25) is 11.8 Å². The molecule has 4 N–H and O–H groups in total. The molecule has 0 spiro atoms. The zero-order valence-electron chi connectivity index (χ0n) is 27.3. The lowest BCUT2D eigenvalue weighted by molar-refractivity contribution is -0.128. The lowest BCUT2D eigenvalue weighted by atomic mass is 10.1. The number of nitrogens with zero attached hydrogens (tertiary/aromatic N) is 1. The van der Waals surface area contributed by atoms with Gasteiger partial charge in [-0.15, -0.1) is 0 Å². The van der Waals surface area contributed by atoms with Gasteiger partial charge in [0.05, 0.1) is 13.2 Å². The summed E-state index contributed by atoms with van der Waals surface area (Å²) in [5.74, 6) is 0.196. The lowest BCUT2D eigenvalue weighted by Crippen LogP contribution is -2.51. The fraction of sp³-hybridized carbons (Fsp3) is 0.727. The van der Waals surface area contributed by atoms with Gasteiger partial charge in [0.25, 0.3) is 5.91 Å². The average molecular weight is 606 g/mol. The van der Waals surface area contributed by atoms with Crippen LogP contribution in [0.5, 0.6) is 5.75 Å². The van der Waals surface area contributed by atoms with Crippen LogP contribution in [0.1, 0.15) is 96.8 Å². The Bertz CT molecular complexity index is 866. The van der Waals surface area contributed by atoms with E-state index in [0.29, 0.717) is 56.9 Å². The zero-order chi connectivity index (χ0) is 31.5. The number of benzene rings is 1. The van der Waals surface area contributed by atoms with Crippen LogP contribution in [-0.2, 0) is 19.1 Å². The fourth-order valence-corrected chi connectivity index (χ4v) is 4.50. The van der Waals surface area contributed by atoms with Crippen LogP contribution in [0.4, 0.5) is 5.69 Å². The number of anilines is 1. The average Bonchev–Trinajstić information content (AvgIpc) is 2.98. The standard InChI is InChI=1S/C33H59N5O5/c1-5-6-7-8-9-10-11-12-13-14-23-34-30(39)18-16-26-43-29-21-19-28(20-22-29)36-32(33(41)35-24-27-42-4)37-31(40)17-15-25-38(2)3/h19-22,32,36H,5-18,23-27H2,1-4H3,(H,34,39)(H,35,41)(H,37,40). The van der Waals surface area contributed by atoms with E-state index < -0.39 is 6.17 Å². The van der Waals surface area contributed by atoms with Gasteiger partial charge in [-0.2, -0.15) is 0 Å². The number of carbonyl (C=O) groups excluding carboxylic acids is 3. The van der Waals surface area contributed by atoms with Gasteiger partial charge in [0, 0.05) is 38.7 Å². The highest BCUT2D eigenvalue weighted by Gasteiger charge is 2.20. The number of unbranched alkanes of at least 4 members (excludes halogenated alkanes) is 9. The molecule has 0 radical (unpaired) electrons. The minimum absolute atomic E-state index is 0.0673. The molecule has 1 aromatic carbocycles. The third-order valence-corrected chi connectivity index (χ3v) is 7.02. The second kappa shape index (κ2) is 25.6. The van der Waals surface area contributed by atoms with Crippen molar-refractivity contribution < 1.29 is 23.9 Å². The van der Waals surface area contributed by atoms with E-state index in [1.54, 1.807) is 31.4 Å². The summed E-state index contributed by atoms with van der Waals surface area (Å²) in [4.78, 5) is 39.3. The van der Waals surface area contributed by atoms with Crippen LogP contribution in [0.3, 0.4) is 0 Å². The maximum atomic E-state index is 12.7. The minimum Gasteiger partial charge on any atom is -0.494 e. The Hall–Kier alpha value is -2.85. The SMILES string of the molecule is CCCCCCCCCCCCNC(=O)CCCOc1ccc(NC(NC(=O)CCCN(C)C)C(=O)NCCOC)cc1. The van der Waals surface area contributed by atoms with E-state index in [-0.39, 0.29) is 17.7 Å². The van der Waals surface area contributed by atoms with Gasteiger partial charge in [0.15, 0.2) is 6.17 Å². The zero-order valence-corrected chi connectivity index (χ0v) is 27.3. The summed E-state index contributed by atoms with van der Waals surface area (Å²) in [5.41, 5.74) is 0.666. The van der Waals surface area contributed by atoms with Crippen molar-refractivity contribution in [3.8, 4) is 5.75 Å². The van der Waals surface area contributed by atoms with Crippen molar-refractivity contribution in [2.45, 2.75) is 103 Å². The van der Waals surface area contributed by atoms with Gasteiger partial charge in [-0.1, -0.05) is 64.7 Å². The number of carbonyl (C=O) groups is 3. The minimum atomic E-state index is -0.922. The van der Waals surface area contributed by atoms with E-state index in [0.717, 1.165) is 19.5 Å². The van der Waals surface area contributed by atoms with E-state index in [9.17, 15) is 14.4 Å². The fourth-order valence-electron chi connectivity index (χ4n) is 4.50. The summed E-state index contributed by atoms with van der Waals surface area (Å²) in [6.45, 7) is 4.94. The molecular weight excluding hydrogens is 546 g/mol. The smallest absolute Gasteiger partial charge is 0.263 e. The first-order valence-electron chi connectivity index (χ1n) is 16.3. The first kappa shape index (κ1) is 38.2. The van der Waals surface area contributed by atoms with Crippen molar-refractivity contribution in [1.29, 1.82) is 0 Å². The van der Waals surface area contributed by atoms with Crippen molar-refractivity contribution >= 4 is 23.4 Å². The highest BCUT2D eigenvalue weighted by Crippen LogP contribution is 2.17. The van der Waals surface area contributed by atoms with E-state index in [4.69, 9.17) is 9.47 Å². The lowest BCUT2D eigenvalue weighted by Gasteiger charge is -2.21. The Labute approximate surface area is 260 Å². The van der Waals surface area contributed by atoms with Crippen molar-refractivity contribution in [3.05, 3.63) is 24.3 Å². The number of ether oxygens (including phenoxy) is 2. The number of methoxy groups -OCH3 is 1. The largest absolute Gasteiger partial charge is 0.494 e. The Morgan fingerprint density at radius 3 is 2.00 bits per heavy atom. The normalized spacial score (nSPS) is 11.7. The van der Waals surface area contributed by atoms with Crippen LogP contribution in [0, 0.1) is 0 Å². The van der Waals surface area contributed by atoms with Gasteiger partial charge in [0.1, 0.15) is 5.75 Å². The van der Waals surface area contributed by atoms with Gasteiger partial charge in [-0.25, -0.2) is 0 Å². The maximum Gasteiger partial charge on any atom is 0.263 e. The van der Waals surface area contributed by atoms with Crippen LogP contribution < -0.4 is 26.0 Å². The van der Waals surface area contributed by atoms with Crippen molar-refractivity contribution in [1.82, 2.24) is 20.9 Å². The second-order valence-electron chi connectivity index (χ2n) is 11.3. The molecule has 43 heavy (non-hydrogen) atoms. The molecule has 10 nitrogen and oxygen atoms in total.